The van der Waals surface area contributed by atoms with Crippen LogP contribution in [0.2, 0.25) is 0 Å². The summed E-state index contributed by atoms with van der Waals surface area (Å²) in [5.74, 6) is -0.0190. The zero-order chi connectivity index (χ0) is 21.3. The van der Waals surface area contributed by atoms with Gasteiger partial charge in [-0.15, -0.1) is 4.83 Å². The van der Waals surface area contributed by atoms with Crippen molar-refractivity contribution < 1.29 is 22.9 Å². The standard InChI is InChI=1S/C19H23N3O6S/c1-2-3-4-5-14-28-17-10-6-15(7-11-17)19(23)20-21-29(26,27)18-12-8-16(9-13-18)22(24)25/h6-13,21H,2-5,14H2,1H3,(H,20,23). The third-order valence-corrected chi connectivity index (χ3v) is 5.30. The van der Waals surface area contributed by atoms with E-state index in [4.69, 9.17) is 4.74 Å². The molecule has 0 atom stereocenters. The second kappa shape index (κ2) is 10.5. The van der Waals surface area contributed by atoms with Crippen LogP contribution in [0.4, 0.5) is 5.69 Å². The number of unbranched alkanes of at least 4 members (excludes halogenated alkanes) is 3. The molecule has 2 aromatic carbocycles. The van der Waals surface area contributed by atoms with E-state index < -0.39 is 20.9 Å². The normalized spacial score (nSPS) is 11.1. The number of nitro benzene ring substituents is 1. The topological polar surface area (TPSA) is 128 Å². The minimum atomic E-state index is -4.06. The van der Waals surface area contributed by atoms with Crippen molar-refractivity contribution in [3.05, 3.63) is 64.2 Å². The van der Waals surface area contributed by atoms with Gasteiger partial charge in [0, 0.05) is 17.7 Å². The number of nitrogens with zero attached hydrogens (tertiary/aromatic N) is 1. The quantitative estimate of drug-likeness (QED) is 0.326. The molecule has 0 aromatic heterocycles. The first-order valence-corrected chi connectivity index (χ1v) is 10.6. The van der Waals surface area contributed by atoms with Crippen LogP contribution in [0.25, 0.3) is 0 Å². The van der Waals surface area contributed by atoms with Gasteiger partial charge in [0.2, 0.25) is 0 Å². The molecule has 0 spiro atoms. The molecule has 0 fully saturated rings. The lowest BCUT2D eigenvalue weighted by Crippen LogP contribution is -2.41. The van der Waals surface area contributed by atoms with Crippen LogP contribution >= 0.6 is 0 Å². The van der Waals surface area contributed by atoms with Crippen LogP contribution in [-0.4, -0.2) is 25.9 Å². The summed E-state index contributed by atoms with van der Waals surface area (Å²) in [5.41, 5.74) is 2.12. The van der Waals surface area contributed by atoms with E-state index in [9.17, 15) is 23.3 Å². The minimum absolute atomic E-state index is 0.213. The molecule has 0 aliphatic rings. The second-order valence-corrected chi connectivity index (χ2v) is 7.93. The third-order valence-electron chi connectivity index (χ3n) is 4.04. The zero-order valence-electron chi connectivity index (χ0n) is 16.0. The number of sulfonamides is 1. The maximum Gasteiger partial charge on any atom is 0.269 e. The maximum absolute atomic E-state index is 12.2. The van der Waals surface area contributed by atoms with Crippen LogP contribution < -0.4 is 15.0 Å². The molecule has 0 saturated heterocycles. The molecule has 0 heterocycles. The van der Waals surface area contributed by atoms with Crippen molar-refractivity contribution in [1.82, 2.24) is 10.3 Å². The minimum Gasteiger partial charge on any atom is -0.494 e. The summed E-state index contributed by atoms with van der Waals surface area (Å²) in [5, 5.41) is 10.6. The van der Waals surface area contributed by atoms with Gasteiger partial charge in [-0.1, -0.05) is 26.2 Å². The van der Waals surface area contributed by atoms with E-state index in [2.05, 4.69) is 12.3 Å². The first-order chi connectivity index (χ1) is 13.8. The van der Waals surface area contributed by atoms with Crippen molar-refractivity contribution in [2.45, 2.75) is 37.5 Å². The van der Waals surface area contributed by atoms with Gasteiger partial charge < -0.3 is 4.74 Å². The predicted octanol–water partition coefficient (Wildman–Crippen LogP) is 3.18. The molecule has 0 radical (unpaired) electrons. The molecule has 0 aliphatic carbocycles. The number of non-ortho nitro benzene ring substituents is 1. The summed E-state index contributed by atoms with van der Waals surface area (Å²) < 4.78 is 30.0. The largest absolute Gasteiger partial charge is 0.494 e. The summed E-state index contributed by atoms with van der Waals surface area (Å²) in [6, 6.07) is 10.6. The van der Waals surface area contributed by atoms with Gasteiger partial charge >= 0.3 is 0 Å². The Hall–Kier alpha value is -2.98. The molecule has 0 saturated carbocycles. The lowest BCUT2D eigenvalue weighted by atomic mass is 10.2. The number of hydrogen-bond donors (Lipinski definition) is 2. The third kappa shape index (κ3) is 6.84. The number of amides is 1. The smallest absolute Gasteiger partial charge is 0.269 e. The number of carbonyl (C=O) groups is 1. The number of rotatable bonds is 11. The molecule has 1 amide bonds. The van der Waals surface area contributed by atoms with Crippen molar-refractivity contribution in [3.63, 3.8) is 0 Å². The Morgan fingerprint density at radius 1 is 1.03 bits per heavy atom. The summed E-state index contributed by atoms with van der Waals surface area (Å²) >= 11 is 0. The number of nitrogens with one attached hydrogen (secondary N) is 2. The average Bonchev–Trinajstić information content (AvgIpc) is 2.72. The van der Waals surface area contributed by atoms with Crippen molar-refractivity contribution in [3.8, 4) is 5.75 Å². The van der Waals surface area contributed by atoms with Crippen molar-refractivity contribution in [1.29, 1.82) is 0 Å². The van der Waals surface area contributed by atoms with Crippen LogP contribution in [-0.2, 0) is 10.0 Å². The highest BCUT2D eigenvalue weighted by atomic mass is 32.2. The molecule has 0 bridgehead atoms. The van der Waals surface area contributed by atoms with Crippen LogP contribution in [0.15, 0.2) is 53.4 Å². The average molecular weight is 421 g/mol. The van der Waals surface area contributed by atoms with E-state index in [0.29, 0.717) is 12.4 Å². The Balaban J connectivity index is 1.88. The molecule has 29 heavy (non-hydrogen) atoms. The highest BCUT2D eigenvalue weighted by molar-refractivity contribution is 7.89. The van der Waals surface area contributed by atoms with Gasteiger partial charge in [-0.2, -0.15) is 0 Å². The van der Waals surface area contributed by atoms with E-state index >= 15 is 0 Å². The Kier molecular flexibility index (Phi) is 8.10. The van der Waals surface area contributed by atoms with E-state index in [0.717, 1.165) is 49.9 Å². The van der Waals surface area contributed by atoms with E-state index in [-0.39, 0.29) is 16.1 Å². The van der Waals surface area contributed by atoms with Crippen LogP contribution in [0.1, 0.15) is 43.0 Å². The molecule has 0 unspecified atom stereocenters. The highest BCUT2D eigenvalue weighted by Gasteiger charge is 2.17. The number of benzene rings is 2. The predicted molar refractivity (Wildman–Crippen MR) is 107 cm³/mol. The molecule has 0 aliphatic heterocycles. The second-order valence-electron chi connectivity index (χ2n) is 6.24. The molecule has 156 valence electrons. The summed E-state index contributed by atoms with van der Waals surface area (Å²) in [4.78, 5) is 23.9. The molecular weight excluding hydrogens is 398 g/mol. The summed E-state index contributed by atoms with van der Waals surface area (Å²) in [6.07, 6.45) is 4.38. The molecule has 9 nitrogen and oxygen atoms in total. The van der Waals surface area contributed by atoms with Gasteiger partial charge in [0.05, 0.1) is 16.4 Å². The number of nitro groups is 1. The number of carbonyl (C=O) groups excluding carboxylic acids is 1. The van der Waals surface area contributed by atoms with E-state index in [1.165, 1.54) is 12.1 Å². The molecule has 2 rings (SSSR count). The fourth-order valence-electron chi connectivity index (χ4n) is 2.41. The van der Waals surface area contributed by atoms with Crippen LogP contribution in [0.3, 0.4) is 0 Å². The van der Waals surface area contributed by atoms with Crippen LogP contribution in [0.5, 0.6) is 5.75 Å². The maximum atomic E-state index is 12.2. The highest BCUT2D eigenvalue weighted by Crippen LogP contribution is 2.16. The van der Waals surface area contributed by atoms with Gasteiger partial charge in [-0.3, -0.25) is 20.3 Å². The Bertz CT molecular complexity index is 927. The van der Waals surface area contributed by atoms with Crippen molar-refractivity contribution >= 4 is 21.6 Å². The lowest BCUT2D eigenvalue weighted by molar-refractivity contribution is -0.384. The van der Waals surface area contributed by atoms with Gasteiger partial charge in [-0.05, 0) is 42.8 Å². The molecule has 10 heteroatoms. The Labute approximate surface area is 169 Å². The van der Waals surface area contributed by atoms with Crippen molar-refractivity contribution in [2.24, 2.45) is 0 Å². The number of hydrazine groups is 1. The monoisotopic (exact) mass is 421 g/mol. The lowest BCUT2D eigenvalue weighted by Gasteiger charge is -2.09. The number of hydrogen-bond acceptors (Lipinski definition) is 6. The van der Waals surface area contributed by atoms with Crippen LogP contribution in [0, 0.1) is 10.1 Å². The van der Waals surface area contributed by atoms with Gasteiger partial charge in [0.15, 0.2) is 0 Å². The first kappa shape index (κ1) is 22.3. The van der Waals surface area contributed by atoms with E-state index in [1.54, 1.807) is 12.1 Å². The Morgan fingerprint density at radius 3 is 2.28 bits per heavy atom. The SMILES string of the molecule is CCCCCCOc1ccc(C(=O)NNS(=O)(=O)c2ccc([N+](=O)[O-])cc2)cc1. The first-order valence-electron chi connectivity index (χ1n) is 9.13. The van der Waals surface area contributed by atoms with Gasteiger partial charge in [0.25, 0.3) is 21.6 Å². The van der Waals surface area contributed by atoms with Gasteiger partial charge in [0.1, 0.15) is 5.75 Å². The van der Waals surface area contributed by atoms with Gasteiger partial charge in [-0.25, -0.2) is 8.42 Å². The Morgan fingerprint density at radius 2 is 1.69 bits per heavy atom. The van der Waals surface area contributed by atoms with Crippen molar-refractivity contribution in [2.75, 3.05) is 6.61 Å². The summed E-state index contributed by atoms with van der Waals surface area (Å²) in [6.45, 7) is 2.73. The molecule has 2 aromatic rings. The molecular formula is C19H23N3O6S. The van der Waals surface area contributed by atoms with E-state index in [1.807, 2.05) is 4.83 Å². The summed E-state index contributed by atoms with van der Waals surface area (Å²) in [7, 11) is -4.06. The molecule has 2 N–H and O–H groups in total. The fourth-order valence-corrected chi connectivity index (χ4v) is 3.25. The number of ether oxygens (including phenoxy) is 1. The zero-order valence-corrected chi connectivity index (χ0v) is 16.8. The fraction of sp³-hybridized carbons (Fsp3) is 0.316.